The Kier molecular flexibility index (Phi) is 3.98. The van der Waals surface area contributed by atoms with E-state index in [-0.39, 0.29) is 0 Å². The van der Waals surface area contributed by atoms with Gasteiger partial charge in [-0.1, -0.05) is 6.92 Å². The van der Waals surface area contributed by atoms with Crippen molar-refractivity contribution < 1.29 is 4.79 Å². The van der Waals surface area contributed by atoms with Crippen LogP contribution in [0.25, 0.3) is 0 Å². The van der Waals surface area contributed by atoms with E-state index in [4.69, 9.17) is 0 Å². The number of carbonyl (C=O) groups is 1. The Bertz CT molecular complexity index is 246. The molecule has 0 radical (unpaired) electrons. The first-order chi connectivity index (χ1) is 7.70. The SMILES string of the molecule is CCN1CCC(N(C)C2CCC(=O)C2)CC1. The molecule has 0 N–H and O–H groups in total. The van der Waals surface area contributed by atoms with Crippen LogP contribution in [-0.4, -0.2) is 54.3 Å². The fourth-order valence-electron chi connectivity index (χ4n) is 3.08. The van der Waals surface area contributed by atoms with Gasteiger partial charge in [0.25, 0.3) is 0 Å². The largest absolute Gasteiger partial charge is 0.303 e. The summed E-state index contributed by atoms with van der Waals surface area (Å²) in [6, 6.07) is 1.24. The minimum absolute atomic E-state index is 0.461. The zero-order chi connectivity index (χ0) is 11.5. The number of likely N-dealkylation sites (tertiary alicyclic amines) is 1. The summed E-state index contributed by atoms with van der Waals surface area (Å²) in [5.74, 6) is 0.461. The highest BCUT2D eigenvalue weighted by atomic mass is 16.1. The van der Waals surface area contributed by atoms with Gasteiger partial charge in [0.1, 0.15) is 5.78 Å². The maximum atomic E-state index is 11.3. The summed E-state index contributed by atoms with van der Waals surface area (Å²) in [7, 11) is 2.22. The van der Waals surface area contributed by atoms with Crippen molar-refractivity contribution in [1.29, 1.82) is 0 Å². The molecule has 3 nitrogen and oxygen atoms in total. The van der Waals surface area contributed by atoms with Gasteiger partial charge in [-0.05, 0) is 45.9 Å². The molecule has 1 heterocycles. The summed E-state index contributed by atoms with van der Waals surface area (Å²) < 4.78 is 0. The normalized spacial score (nSPS) is 29.2. The van der Waals surface area contributed by atoms with Gasteiger partial charge in [0.05, 0.1) is 0 Å². The van der Waals surface area contributed by atoms with Crippen molar-refractivity contribution in [3.63, 3.8) is 0 Å². The van der Waals surface area contributed by atoms with Crippen LogP contribution in [0, 0.1) is 0 Å². The average Bonchev–Trinajstić information content (AvgIpc) is 2.75. The molecule has 1 aliphatic heterocycles. The number of hydrogen-bond donors (Lipinski definition) is 0. The molecule has 2 rings (SSSR count). The Morgan fingerprint density at radius 2 is 1.94 bits per heavy atom. The standard InChI is InChI=1S/C13H24N2O/c1-3-15-8-6-11(7-9-15)14(2)12-4-5-13(16)10-12/h11-12H,3-10H2,1-2H3. The second kappa shape index (κ2) is 5.28. The van der Waals surface area contributed by atoms with Gasteiger partial charge in [0, 0.05) is 24.9 Å². The Morgan fingerprint density at radius 3 is 2.44 bits per heavy atom. The van der Waals surface area contributed by atoms with Crippen LogP contribution >= 0.6 is 0 Å². The molecular weight excluding hydrogens is 200 g/mol. The van der Waals surface area contributed by atoms with E-state index in [1.807, 2.05) is 0 Å². The van der Waals surface area contributed by atoms with Gasteiger partial charge in [0.2, 0.25) is 0 Å². The fourth-order valence-corrected chi connectivity index (χ4v) is 3.08. The number of carbonyl (C=O) groups excluding carboxylic acids is 1. The molecule has 92 valence electrons. The molecule has 1 unspecified atom stereocenters. The number of hydrogen-bond acceptors (Lipinski definition) is 3. The highest BCUT2D eigenvalue weighted by Gasteiger charge is 2.31. The molecule has 1 atom stereocenters. The molecule has 0 spiro atoms. The lowest BCUT2D eigenvalue weighted by atomic mass is 10.0. The lowest BCUT2D eigenvalue weighted by Gasteiger charge is -2.38. The van der Waals surface area contributed by atoms with Crippen molar-refractivity contribution in [2.24, 2.45) is 0 Å². The van der Waals surface area contributed by atoms with E-state index in [0.717, 1.165) is 19.3 Å². The maximum absolute atomic E-state index is 11.3. The molecule has 1 saturated heterocycles. The Hall–Kier alpha value is -0.410. The third-order valence-corrected chi connectivity index (χ3v) is 4.38. The van der Waals surface area contributed by atoms with Crippen LogP contribution in [-0.2, 0) is 4.79 Å². The van der Waals surface area contributed by atoms with E-state index < -0.39 is 0 Å². The quantitative estimate of drug-likeness (QED) is 0.726. The number of rotatable bonds is 3. The fraction of sp³-hybridized carbons (Fsp3) is 0.923. The number of Topliss-reactive ketones (excluding diaryl/α,β-unsaturated/α-hetero) is 1. The van der Waals surface area contributed by atoms with Crippen LogP contribution < -0.4 is 0 Å². The van der Waals surface area contributed by atoms with E-state index in [2.05, 4.69) is 23.8 Å². The summed E-state index contributed by atoms with van der Waals surface area (Å²) in [6.07, 6.45) is 5.24. The number of piperidine rings is 1. The van der Waals surface area contributed by atoms with Crippen molar-refractivity contribution in [2.45, 2.75) is 51.1 Å². The summed E-state index contributed by atoms with van der Waals surface area (Å²) in [5, 5.41) is 0. The molecule has 0 aromatic rings. The van der Waals surface area contributed by atoms with E-state index in [9.17, 15) is 4.79 Å². The van der Waals surface area contributed by atoms with Crippen molar-refractivity contribution in [3.8, 4) is 0 Å². The van der Waals surface area contributed by atoms with Crippen LogP contribution in [0.3, 0.4) is 0 Å². The Balaban J connectivity index is 1.82. The highest BCUT2D eigenvalue weighted by Crippen LogP contribution is 2.25. The summed E-state index contributed by atoms with van der Waals surface area (Å²) in [6.45, 7) is 5.87. The lowest BCUT2D eigenvalue weighted by Crippen LogP contribution is -2.46. The molecule has 0 aromatic carbocycles. The smallest absolute Gasteiger partial charge is 0.134 e. The van der Waals surface area contributed by atoms with Gasteiger partial charge in [-0.2, -0.15) is 0 Å². The molecule has 3 heteroatoms. The second-order valence-corrected chi connectivity index (χ2v) is 5.27. The van der Waals surface area contributed by atoms with Gasteiger partial charge in [0.15, 0.2) is 0 Å². The summed E-state index contributed by atoms with van der Waals surface area (Å²) in [5.41, 5.74) is 0. The van der Waals surface area contributed by atoms with Gasteiger partial charge < -0.3 is 4.90 Å². The zero-order valence-electron chi connectivity index (χ0n) is 10.6. The van der Waals surface area contributed by atoms with Crippen LogP contribution in [0.4, 0.5) is 0 Å². The molecular formula is C13H24N2O. The van der Waals surface area contributed by atoms with Crippen molar-refractivity contribution in [3.05, 3.63) is 0 Å². The molecule has 1 aliphatic carbocycles. The van der Waals surface area contributed by atoms with Crippen molar-refractivity contribution in [2.75, 3.05) is 26.7 Å². The summed E-state index contributed by atoms with van der Waals surface area (Å²) >= 11 is 0. The first kappa shape index (κ1) is 12.1. The van der Waals surface area contributed by atoms with E-state index >= 15 is 0 Å². The third-order valence-electron chi connectivity index (χ3n) is 4.38. The van der Waals surface area contributed by atoms with Gasteiger partial charge in [-0.15, -0.1) is 0 Å². The first-order valence-corrected chi connectivity index (χ1v) is 6.66. The molecule has 2 aliphatic rings. The Labute approximate surface area is 98.8 Å². The minimum Gasteiger partial charge on any atom is -0.303 e. The van der Waals surface area contributed by atoms with Crippen molar-refractivity contribution >= 4 is 5.78 Å². The van der Waals surface area contributed by atoms with E-state index in [1.165, 1.54) is 32.5 Å². The van der Waals surface area contributed by atoms with E-state index in [1.54, 1.807) is 0 Å². The second-order valence-electron chi connectivity index (χ2n) is 5.27. The predicted octanol–water partition coefficient (Wildman–Crippen LogP) is 1.52. The third kappa shape index (κ3) is 2.64. The van der Waals surface area contributed by atoms with Crippen LogP contribution in [0.2, 0.25) is 0 Å². The maximum Gasteiger partial charge on any atom is 0.134 e. The first-order valence-electron chi connectivity index (χ1n) is 6.66. The highest BCUT2D eigenvalue weighted by molar-refractivity contribution is 5.81. The molecule has 1 saturated carbocycles. The molecule has 2 fully saturated rings. The topological polar surface area (TPSA) is 23.6 Å². The minimum atomic E-state index is 0.461. The van der Waals surface area contributed by atoms with Gasteiger partial charge in [-0.25, -0.2) is 0 Å². The van der Waals surface area contributed by atoms with Gasteiger partial charge >= 0.3 is 0 Å². The summed E-state index contributed by atoms with van der Waals surface area (Å²) in [4.78, 5) is 16.3. The zero-order valence-corrected chi connectivity index (χ0v) is 10.6. The predicted molar refractivity (Wildman–Crippen MR) is 65.5 cm³/mol. The monoisotopic (exact) mass is 224 g/mol. The van der Waals surface area contributed by atoms with Crippen LogP contribution in [0.15, 0.2) is 0 Å². The van der Waals surface area contributed by atoms with Crippen molar-refractivity contribution in [1.82, 2.24) is 9.80 Å². The Morgan fingerprint density at radius 1 is 1.25 bits per heavy atom. The lowest BCUT2D eigenvalue weighted by molar-refractivity contribution is -0.117. The number of nitrogens with zero attached hydrogens (tertiary/aromatic N) is 2. The molecule has 0 aromatic heterocycles. The molecule has 0 amide bonds. The van der Waals surface area contributed by atoms with Gasteiger partial charge in [-0.3, -0.25) is 9.69 Å². The molecule has 0 bridgehead atoms. The number of ketones is 1. The molecule has 16 heavy (non-hydrogen) atoms. The van der Waals surface area contributed by atoms with Crippen LogP contribution in [0.5, 0.6) is 0 Å². The van der Waals surface area contributed by atoms with E-state index in [0.29, 0.717) is 17.9 Å². The van der Waals surface area contributed by atoms with Crippen LogP contribution in [0.1, 0.15) is 39.0 Å². The average molecular weight is 224 g/mol.